The lowest BCUT2D eigenvalue weighted by Crippen LogP contribution is -2.12. The van der Waals surface area contributed by atoms with E-state index in [4.69, 9.17) is 10.4 Å². The van der Waals surface area contributed by atoms with Gasteiger partial charge in [-0.3, -0.25) is 5.32 Å². The molecule has 0 radical (unpaired) electrons. The van der Waals surface area contributed by atoms with Crippen molar-refractivity contribution in [2.24, 2.45) is 0 Å². The van der Waals surface area contributed by atoms with Crippen molar-refractivity contribution >= 4 is 22.8 Å². The molecule has 3 rings (SSSR count). The van der Waals surface area contributed by atoms with Crippen molar-refractivity contribution in [1.29, 1.82) is 5.26 Å². The first-order valence-corrected chi connectivity index (χ1v) is 6.63. The third-order valence-corrected chi connectivity index (χ3v) is 3.28. The molecule has 1 amide bonds. The molecular weight excluding hydrogens is 280 g/mol. The number of carboxylic acid groups (broad SMARTS) is 1. The summed E-state index contributed by atoms with van der Waals surface area (Å²) in [7, 11) is 0. The first-order chi connectivity index (χ1) is 10.7. The normalized spacial score (nSPS) is 10.3. The van der Waals surface area contributed by atoms with E-state index >= 15 is 0 Å². The molecule has 0 aliphatic heterocycles. The van der Waals surface area contributed by atoms with Crippen molar-refractivity contribution in [3.63, 3.8) is 0 Å². The molecule has 0 fully saturated rings. The molecule has 6 heteroatoms. The molecule has 22 heavy (non-hydrogen) atoms. The predicted molar refractivity (Wildman–Crippen MR) is 82.0 cm³/mol. The van der Waals surface area contributed by atoms with Crippen molar-refractivity contribution in [2.45, 2.75) is 6.42 Å². The number of anilines is 1. The van der Waals surface area contributed by atoms with Crippen LogP contribution in [0.4, 0.5) is 10.6 Å². The SMILES string of the molecule is N#CCc1cccc2c(NC(=O)O)n(-c3ccccc3)nc12. The summed E-state index contributed by atoms with van der Waals surface area (Å²) in [6.45, 7) is 0. The fourth-order valence-electron chi connectivity index (χ4n) is 2.37. The summed E-state index contributed by atoms with van der Waals surface area (Å²) in [5, 5.41) is 25.6. The van der Waals surface area contributed by atoms with Gasteiger partial charge in [0, 0.05) is 5.39 Å². The minimum Gasteiger partial charge on any atom is -0.465 e. The molecule has 0 saturated heterocycles. The summed E-state index contributed by atoms with van der Waals surface area (Å²) < 4.78 is 1.54. The van der Waals surface area contributed by atoms with E-state index in [0.29, 0.717) is 16.7 Å². The minimum atomic E-state index is -1.16. The van der Waals surface area contributed by atoms with Crippen LogP contribution in [0.15, 0.2) is 48.5 Å². The highest BCUT2D eigenvalue weighted by Gasteiger charge is 2.16. The van der Waals surface area contributed by atoms with Gasteiger partial charge < -0.3 is 5.11 Å². The van der Waals surface area contributed by atoms with Crippen LogP contribution in [0.2, 0.25) is 0 Å². The Morgan fingerprint density at radius 3 is 2.68 bits per heavy atom. The van der Waals surface area contributed by atoms with E-state index in [0.717, 1.165) is 11.3 Å². The number of fused-ring (bicyclic) bond motifs is 1. The third-order valence-electron chi connectivity index (χ3n) is 3.28. The minimum absolute atomic E-state index is 0.218. The van der Waals surface area contributed by atoms with E-state index in [1.165, 1.54) is 0 Å². The molecule has 0 saturated carbocycles. The molecule has 0 aliphatic carbocycles. The molecule has 0 bridgehead atoms. The van der Waals surface area contributed by atoms with Gasteiger partial charge in [-0.05, 0) is 23.8 Å². The lowest BCUT2D eigenvalue weighted by molar-refractivity contribution is 0.209. The summed E-state index contributed by atoms with van der Waals surface area (Å²) in [5.41, 5.74) is 2.13. The van der Waals surface area contributed by atoms with E-state index in [2.05, 4.69) is 16.5 Å². The van der Waals surface area contributed by atoms with Gasteiger partial charge in [0.05, 0.1) is 23.7 Å². The number of amides is 1. The average Bonchev–Trinajstić information content (AvgIpc) is 2.88. The summed E-state index contributed by atoms with van der Waals surface area (Å²) in [5.74, 6) is 0.369. The van der Waals surface area contributed by atoms with Crippen molar-refractivity contribution in [1.82, 2.24) is 9.78 Å². The van der Waals surface area contributed by atoms with Gasteiger partial charge in [-0.2, -0.15) is 10.4 Å². The maximum atomic E-state index is 11.1. The highest BCUT2D eigenvalue weighted by molar-refractivity contribution is 5.99. The summed E-state index contributed by atoms with van der Waals surface area (Å²) in [6, 6.07) is 16.7. The number of para-hydroxylation sites is 1. The monoisotopic (exact) mass is 292 g/mol. The molecule has 1 heterocycles. The molecule has 6 nitrogen and oxygen atoms in total. The van der Waals surface area contributed by atoms with E-state index in [-0.39, 0.29) is 6.42 Å². The zero-order valence-electron chi connectivity index (χ0n) is 11.5. The highest BCUT2D eigenvalue weighted by atomic mass is 16.4. The maximum Gasteiger partial charge on any atom is 0.410 e. The van der Waals surface area contributed by atoms with Crippen LogP contribution in [0, 0.1) is 11.3 Å². The number of aromatic nitrogens is 2. The summed E-state index contributed by atoms with van der Waals surface area (Å²) >= 11 is 0. The molecule has 3 aromatic rings. The van der Waals surface area contributed by atoms with Crippen LogP contribution in [-0.2, 0) is 6.42 Å². The molecule has 108 valence electrons. The Morgan fingerprint density at radius 1 is 1.23 bits per heavy atom. The quantitative estimate of drug-likeness (QED) is 0.775. The number of carbonyl (C=O) groups is 1. The Bertz CT molecular complexity index is 878. The highest BCUT2D eigenvalue weighted by Crippen LogP contribution is 2.28. The van der Waals surface area contributed by atoms with E-state index in [1.54, 1.807) is 16.8 Å². The molecule has 0 spiro atoms. The van der Waals surface area contributed by atoms with Crippen molar-refractivity contribution in [2.75, 3.05) is 5.32 Å². The number of nitrogens with zero attached hydrogens (tertiary/aromatic N) is 3. The van der Waals surface area contributed by atoms with E-state index in [9.17, 15) is 4.79 Å². The second kappa shape index (κ2) is 5.58. The summed E-state index contributed by atoms with van der Waals surface area (Å²) in [6.07, 6.45) is -0.944. The van der Waals surface area contributed by atoms with Gasteiger partial charge in [-0.15, -0.1) is 0 Å². The molecule has 1 aromatic heterocycles. The molecular formula is C16H12N4O2. The lowest BCUT2D eigenvalue weighted by Gasteiger charge is -2.06. The van der Waals surface area contributed by atoms with Crippen LogP contribution in [-0.4, -0.2) is 21.0 Å². The Kier molecular flexibility index (Phi) is 3.46. The van der Waals surface area contributed by atoms with Crippen LogP contribution < -0.4 is 5.32 Å². The van der Waals surface area contributed by atoms with Gasteiger partial charge in [-0.25, -0.2) is 9.48 Å². The number of benzene rings is 2. The summed E-state index contributed by atoms with van der Waals surface area (Å²) in [4.78, 5) is 11.1. The second-order valence-electron chi connectivity index (χ2n) is 4.67. The first kappa shape index (κ1) is 13.6. The Hall–Kier alpha value is -3.33. The van der Waals surface area contributed by atoms with E-state index < -0.39 is 6.09 Å². The van der Waals surface area contributed by atoms with Crippen molar-refractivity contribution in [3.8, 4) is 11.8 Å². The molecule has 2 aromatic carbocycles. The smallest absolute Gasteiger partial charge is 0.410 e. The number of hydrogen-bond acceptors (Lipinski definition) is 3. The van der Waals surface area contributed by atoms with Gasteiger partial charge >= 0.3 is 6.09 Å². The van der Waals surface area contributed by atoms with E-state index in [1.807, 2.05) is 36.4 Å². The maximum absolute atomic E-state index is 11.1. The molecule has 0 aliphatic rings. The number of nitrogens with one attached hydrogen (secondary N) is 1. The Balaban J connectivity index is 2.29. The van der Waals surface area contributed by atoms with Crippen LogP contribution in [0.3, 0.4) is 0 Å². The first-order valence-electron chi connectivity index (χ1n) is 6.63. The van der Waals surface area contributed by atoms with Crippen LogP contribution in [0.5, 0.6) is 0 Å². The molecule has 0 atom stereocenters. The number of nitriles is 1. The van der Waals surface area contributed by atoms with Gasteiger partial charge in [0.25, 0.3) is 0 Å². The number of hydrogen-bond donors (Lipinski definition) is 2. The molecule has 2 N–H and O–H groups in total. The zero-order valence-corrected chi connectivity index (χ0v) is 11.5. The largest absolute Gasteiger partial charge is 0.465 e. The van der Waals surface area contributed by atoms with Crippen molar-refractivity contribution < 1.29 is 9.90 Å². The topological polar surface area (TPSA) is 90.9 Å². The van der Waals surface area contributed by atoms with Gasteiger partial charge in [-0.1, -0.05) is 30.3 Å². The number of rotatable bonds is 3. The van der Waals surface area contributed by atoms with Gasteiger partial charge in [0.1, 0.15) is 5.82 Å². The Labute approximate surface area is 126 Å². The Morgan fingerprint density at radius 2 is 2.00 bits per heavy atom. The fourth-order valence-corrected chi connectivity index (χ4v) is 2.37. The lowest BCUT2D eigenvalue weighted by atomic mass is 10.1. The van der Waals surface area contributed by atoms with Crippen LogP contribution in [0.25, 0.3) is 16.6 Å². The molecule has 0 unspecified atom stereocenters. The third kappa shape index (κ3) is 2.36. The van der Waals surface area contributed by atoms with Crippen LogP contribution >= 0.6 is 0 Å². The predicted octanol–water partition coefficient (Wildman–Crippen LogP) is 3.18. The standard InChI is InChI=1S/C16H12N4O2/c17-10-9-11-5-4-8-13-14(11)19-20(15(13)18-16(21)22)12-6-2-1-3-7-12/h1-8,18H,9H2,(H,21,22). The zero-order chi connectivity index (χ0) is 15.5. The fraction of sp³-hybridized carbons (Fsp3) is 0.0625. The van der Waals surface area contributed by atoms with Gasteiger partial charge in [0.15, 0.2) is 0 Å². The van der Waals surface area contributed by atoms with Crippen molar-refractivity contribution in [3.05, 3.63) is 54.1 Å². The average molecular weight is 292 g/mol. The van der Waals surface area contributed by atoms with Gasteiger partial charge in [0.2, 0.25) is 0 Å². The van der Waals surface area contributed by atoms with Crippen LogP contribution in [0.1, 0.15) is 5.56 Å². The second-order valence-corrected chi connectivity index (χ2v) is 4.67.